The number of carboxylic acid groups (broad SMARTS) is 1. The molecule has 0 radical (unpaired) electrons. The van der Waals surface area contributed by atoms with Gasteiger partial charge in [0.15, 0.2) is 6.10 Å². The summed E-state index contributed by atoms with van der Waals surface area (Å²) in [4.78, 5) is 24.8. The predicted molar refractivity (Wildman–Crippen MR) is 69.7 cm³/mol. The number of aliphatic carboxylic acids is 1. The molecule has 3 atom stereocenters. The highest BCUT2D eigenvalue weighted by Gasteiger charge is 2.30. The van der Waals surface area contributed by atoms with Gasteiger partial charge in [0.05, 0.1) is 13.2 Å². The summed E-state index contributed by atoms with van der Waals surface area (Å²) < 4.78 is 5.13. The van der Waals surface area contributed by atoms with E-state index in [4.69, 9.17) is 9.84 Å². The maximum Gasteiger partial charge on any atom is 0.334 e. The molecule has 0 aromatic rings. The Morgan fingerprint density at radius 1 is 1.37 bits per heavy atom. The second-order valence-corrected chi connectivity index (χ2v) is 5.88. The molecule has 1 saturated heterocycles. The summed E-state index contributed by atoms with van der Waals surface area (Å²) in [6.45, 7) is 3.27. The van der Waals surface area contributed by atoms with Crippen molar-refractivity contribution in [2.24, 2.45) is 11.8 Å². The van der Waals surface area contributed by atoms with Gasteiger partial charge in [-0.15, -0.1) is 0 Å². The van der Waals surface area contributed by atoms with Crippen LogP contribution in [0.1, 0.15) is 39.0 Å². The van der Waals surface area contributed by atoms with Crippen LogP contribution in [0.3, 0.4) is 0 Å². The van der Waals surface area contributed by atoms with E-state index in [0.717, 1.165) is 12.8 Å². The molecule has 2 fully saturated rings. The Kier molecular flexibility index (Phi) is 4.80. The molecular weight excluding hydrogens is 246 g/mol. The summed E-state index contributed by atoms with van der Waals surface area (Å²) in [6, 6.07) is 0. The molecule has 3 unspecified atom stereocenters. The summed E-state index contributed by atoms with van der Waals surface area (Å²) in [5, 5.41) is 8.93. The van der Waals surface area contributed by atoms with Gasteiger partial charge in [-0.05, 0) is 24.7 Å². The van der Waals surface area contributed by atoms with Crippen molar-refractivity contribution in [2.75, 3.05) is 19.7 Å². The normalized spacial score (nSPS) is 32.1. The number of carbonyl (C=O) groups excluding carboxylic acids is 1. The summed E-state index contributed by atoms with van der Waals surface area (Å²) in [5.41, 5.74) is 0. The zero-order valence-corrected chi connectivity index (χ0v) is 11.5. The van der Waals surface area contributed by atoms with Gasteiger partial charge in [0, 0.05) is 13.0 Å². The van der Waals surface area contributed by atoms with Crippen LogP contribution in [0.2, 0.25) is 0 Å². The minimum atomic E-state index is -0.983. The van der Waals surface area contributed by atoms with Crippen molar-refractivity contribution >= 4 is 11.9 Å². The lowest BCUT2D eigenvalue weighted by Gasteiger charge is -2.33. The Morgan fingerprint density at radius 2 is 2.16 bits per heavy atom. The van der Waals surface area contributed by atoms with Crippen LogP contribution in [-0.2, 0) is 14.3 Å². The number of amides is 1. The van der Waals surface area contributed by atoms with Gasteiger partial charge < -0.3 is 14.7 Å². The smallest absolute Gasteiger partial charge is 0.334 e. The lowest BCUT2D eigenvalue weighted by atomic mass is 9.80. The van der Waals surface area contributed by atoms with Gasteiger partial charge in [-0.1, -0.05) is 19.8 Å². The third-order valence-corrected chi connectivity index (χ3v) is 4.20. The first-order valence-electron chi connectivity index (χ1n) is 7.18. The lowest BCUT2D eigenvalue weighted by Crippen LogP contribution is -2.49. The predicted octanol–water partition coefficient (Wildman–Crippen LogP) is 1.51. The molecule has 2 aliphatic rings. The van der Waals surface area contributed by atoms with Gasteiger partial charge in [-0.3, -0.25) is 4.79 Å². The standard InChI is InChI=1S/C14H23NO4/c1-10-3-2-4-11(7-10)8-13(16)15-5-6-19-12(9-15)14(17)18/h10-12H,2-9H2,1H3,(H,17,18). The van der Waals surface area contributed by atoms with E-state index in [9.17, 15) is 9.59 Å². The van der Waals surface area contributed by atoms with E-state index in [-0.39, 0.29) is 12.5 Å². The lowest BCUT2D eigenvalue weighted by molar-refractivity contribution is -0.159. The van der Waals surface area contributed by atoms with Crippen LogP contribution in [0.4, 0.5) is 0 Å². The van der Waals surface area contributed by atoms with Crippen molar-refractivity contribution in [3.63, 3.8) is 0 Å². The monoisotopic (exact) mass is 269 g/mol. The Labute approximate surface area is 113 Å². The molecule has 0 bridgehead atoms. The molecule has 1 aliphatic heterocycles. The SMILES string of the molecule is CC1CCCC(CC(=O)N2CCOC(C(=O)O)C2)C1. The molecule has 1 amide bonds. The maximum absolute atomic E-state index is 12.2. The number of hydrogen-bond donors (Lipinski definition) is 1. The molecule has 0 aromatic carbocycles. The third-order valence-electron chi connectivity index (χ3n) is 4.20. The van der Waals surface area contributed by atoms with E-state index >= 15 is 0 Å². The second-order valence-electron chi connectivity index (χ2n) is 5.88. The zero-order chi connectivity index (χ0) is 13.8. The number of rotatable bonds is 3. The Balaban J connectivity index is 1.83. The van der Waals surface area contributed by atoms with Gasteiger partial charge >= 0.3 is 5.97 Å². The Morgan fingerprint density at radius 3 is 2.84 bits per heavy atom. The van der Waals surface area contributed by atoms with Gasteiger partial charge in [0.25, 0.3) is 0 Å². The first kappa shape index (κ1) is 14.3. The quantitative estimate of drug-likeness (QED) is 0.843. The van der Waals surface area contributed by atoms with Crippen molar-refractivity contribution in [1.29, 1.82) is 0 Å². The minimum Gasteiger partial charge on any atom is -0.479 e. The summed E-state index contributed by atoms with van der Waals surface area (Å²) in [6.07, 6.45) is 4.43. The fourth-order valence-electron chi connectivity index (χ4n) is 3.15. The highest BCUT2D eigenvalue weighted by molar-refractivity contribution is 5.78. The third kappa shape index (κ3) is 3.93. The molecular formula is C14H23NO4. The topological polar surface area (TPSA) is 66.8 Å². The van der Waals surface area contributed by atoms with Crippen LogP contribution < -0.4 is 0 Å². The molecule has 0 spiro atoms. The number of morpholine rings is 1. The van der Waals surface area contributed by atoms with Crippen LogP contribution in [0.25, 0.3) is 0 Å². The van der Waals surface area contributed by atoms with Crippen LogP contribution in [0.5, 0.6) is 0 Å². The van der Waals surface area contributed by atoms with Gasteiger partial charge in [-0.2, -0.15) is 0 Å². The summed E-state index contributed by atoms with van der Waals surface area (Å²) in [5.74, 6) is 0.294. The summed E-state index contributed by atoms with van der Waals surface area (Å²) >= 11 is 0. The molecule has 1 aliphatic carbocycles. The van der Waals surface area contributed by atoms with Crippen molar-refractivity contribution in [3.8, 4) is 0 Å². The number of carbonyl (C=O) groups is 2. The molecule has 1 N–H and O–H groups in total. The van der Waals surface area contributed by atoms with Crippen LogP contribution in [0, 0.1) is 11.8 Å². The Hall–Kier alpha value is -1.10. The molecule has 108 valence electrons. The van der Waals surface area contributed by atoms with Gasteiger partial charge in [-0.25, -0.2) is 4.79 Å². The Bertz CT molecular complexity index is 344. The highest BCUT2D eigenvalue weighted by Crippen LogP contribution is 2.31. The highest BCUT2D eigenvalue weighted by atomic mass is 16.5. The van der Waals surface area contributed by atoms with Crippen molar-refractivity contribution < 1.29 is 19.4 Å². The number of carboxylic acids is 1. The van der Waals surface area contributed by atoms with E-state index in [2.05, 4.69) is 6.92 Å². The first-order chi connectivity index (χ1) is 9.06. The molecule has 1 saturated carbocycles. The molecule has 0 aromatic heterocycles. The van der Waals surface area contributed by atoms with Crippen molar-refractivity contribution in [2.45, 2.75) is 45.1 Å². The van der Waals surface area contributed by atoms with Crippen LogP contribution in [-0.4, -0.2) is 47.7 Å². The largest absolute Gasteiger partial charge is 0.479 e. The fourth-order valence-corrected chi connectivity index (χ4v) is 3.15. The van der Waals surface area contributed by atoms with E-state index in [1.165, 1.54) is 12.8 Å². The van der Waals surface area contributed by atoms with E-state index < -0.39 is 12.1 Å². The van der Waals surface area contributed by atoms with E-state index in [0.29, 0.717) is 31.4 Å². The van der Waals surface area contributed by atoms with E-state index in [1.54, 1.807) is 4.90 Å². The van der Waals surface area contributed by atoms with Crippen LogP contribution >= 0.6 is 0 Å². The summed E-state index contributed by atoms with van der Waals surface area (Å²) in [7, 11) is 0. The molecule has 5 heteroatoms. The first-order valence-corrected chi connectivity index (χ1v) is 7.18. The maximum atomic E-state index is 12.2. The van der Waals surface area contributed by atoms with Gasteiger partial charge in [0.1, 0.15) is 0 Å². The fraction of sp³-hybridized carbons (Fsp3) is 0.857. The molecule has 1 heterocycles. The molecule has 19 heavy (non-hydrogen) atoms. The second kappa shape index (κ2) is 6.37. The average Bonchev–Trinajstić information content (AvgIpc) is 2.39. The number of ether oxygens (including phenoxy) is 1. The number of nitrogens with zero attached hydrogens (tertiary/aromatic N) is 1. The van der Waals surface area contributed by atoms with Crippen molar-refractivity contribution in [1.82, 2.24) is 4.90 Å². The van der Waals surface area contributed by atoms with Gasteiger partial charge in [0.2, 0.25) is 5.91 Å². The average molecular weight is 269 g/mol. The molecule has 2 rings (SSSR count). The van der Waals surface area contributed by atoms with E-state index in [1.807, 2.05) is 0 Å². The van der Waals surface area contributed by atoms with Crippen LogP contribution in [0.15, 0.2) is 0 Å². The molecule has 5 nitrogen and oxygen atoms in total. The minimum absolute atomic E-state index is 0.0913. The number of hydrogen-bond acceptors (Lipinski definition) is 3. The zero-order valence-electron chi connectivity index (χ0n) is 11.5. The van der Waals surface area contributed by atoms with Crippen molar-refractivity contribution in [3.05, 3.63) is 0 Å².